The van der Waals surface area contributed by atoms with Crippen LogP contribution in [0.3, 0.4) is 0 Å². The smallest absolute Gasteiger partial charge is 0.241 e. The molecule has 1 heterocycles. The number of aromatic nitrogens is 2. The third-order valence-electron chi connectivity index (χ3n) is 2.61. The highest BCUT2D eigenvalue weighted by atomic mass is 16.2. The summed E-state index contributed by atoms with van der Waals surface area (Å²) in [6.45, 7) is 4.97. The first-order valence-corrected chi connectivity index (χ1v) is 6.25. The fourth-order valence-corrected chi connectivity index (χ4v) is 1.63. The maximum atomic E-state index is 11.8. The largest absolute Gasteiger partial charge is 0.347 e. The van der Waals surface area contributed by atoms with Crippen LogP contribution in [0, 0.1) is 6.92 Å². The van der Waals surface area contributed by atoms with Gasteiger partial charge in [-0.15, -0.1) is 0 Å². The average Bonchev–Trinajstić information content (AvgIpc) is 2.37. The van der Waals surface area contributed by atoms with Gasteiger partial charge in [-0.2, -0.15) is 4.98 Å². The number of nitrogens with one attached hydrogen (secondary N) is 1. The Morgan fingerprint density at radius 1 is 1.42 bits per heavy atom. The van der Waals surface area contributed by atoms with Gasteiger partial charge in [0.05, 0.1) is 6.54 Å². The molecule has 0 aliphatic rings. The maximum absolute atomic E-state index is 11.8. The minimum absolute atomic E-state index is 0.0342. The zero-order valence-electron chi connectivity index (χ0n) is 12.0. The molecule has 0 unspecified atom stereocenters. The number of hydrogen-bond donors (Lipinski definition) is 2. The molecule has 3 N–H and O–H groups in total. The van der Waals surface area contributed by atoms with Gasteiger partial charge in [-0.05, 0) is 13.3 Å². The third kappa shape index (κ3) is 4.36. The van der Waals surface area contributed by atoms with Crippen molar-refractivity contribution in [3.8, 4) is 0 Å². The second-order valence-electron chi connectivity index (χ2n) is 4.55. The lowest BCUT2D eigenvalue weighted by Crippen LogP contribution is -2.37. The van der Waals surface area contributed by atoms with E-state index in [0.29, 0.717) is 18.3 Å². The Morgan fingerprint density at radius 2 is 2.11 bits per heavy atom. The predicted molar refractivity (Wildman–Crippen MR) is 75.8 cm³/mol. The van der Waals surface area contributed by atoms with Gasteiger partial charge in [0.1, 0.15) is 5.82 Å². The van der Waals surface area contributed by atoms with E-state index < -0.39 is 0 Å². The second kappa shape index (κ2) is 6.89. The van der Waals surface area contributed by atoms with Crippen LogP contribution in [0.4, 0.5) is 11.8 Å². The molecule has 0 bridgehead atoms. The SMILES string of the molecule is CCCN(CC(=O)N(C)C)c1cc(C)nc(NN)n1. The molecule has 1 amide bonds. The van der Waals surface area contributed by atoms with Crippen molar-refractivity contribution in [1.29, 1.82) is 0 Å². The van der Waals surface area contributed by atoms with Crippen molar-refractivity contribution in [2.45, 2.75) is 20.3 Å². The second-order valence-corrected chi connectivity index (χ2v) is 4.55. The zero-order valence-corrected chi connectivity index (χ0v) is 12.0. The van der Waals surface area contributed by atoms with Crippen molar-refractivity contribution in [3.63, 3.8) is 0 Å². The summed E-state index contributed by atoms with van der Waals surface area (Å²) in [4.78, 5) is 23.8. The van der Waals surface area contributed by atoms with Gasteiger partial charge in [0, 0.05) is 32.4 Å². The molecule has 0 aliphatic heterocycles. The molecule has 0 aromatic carbocycles. The highest BCUT2D eigenvalue weighted by Crippen LogP contribution is 2.15. The standard InChI is InChI=1S/C12H22N6O/c1-5-6-18(8-11(19)17(3)4)10-7-9(2)14-12(15-10)16-13/h7H,5-6,8,13H2,1-4H3,(H,14,15,16). The lowest BCUT2D eigenvalue weighted by Gasteiger charge is -2.24. The maximum Gasteiger partial charge on any atom is 0.241 e. The molecule has 0 aliphatic carbocycles. The van der Waals surface area contributed by atoms with Crippen molar-refractivity contribution >= 4 is 17.7 Å². The molecule has 0 atom stereocenters. The molecule has 7 nitrogen and oxygen atoms in total. The number of nitrogens with zero attached hydrogens (tertiary/aromatic N) is 4. The lowest BCUT2D eigenvalue weighted by atomic mass is 10.3. The number of likely N-dealkylation sites (N-methyl/N-ethyl adjacent to an activating group) is 1. The van der Waals surface area contributed by atoms with Crippen molar-refractivity contribution in [1.82, 2.24) is 14.9 Å². The molecule has 106 valence electrons. The number of amides is 1. The summed E-state index contributed by atoms with van der Waals surface area (Å²) in [5.41, 5.74) is 3.24. The number of hydrogen-bond acceptors (Lipinski definition) is 6. The van der Waals surface area contributed by atoms with E-state index in [9.17, 15) is 4.79 Å². The normalized spacial score (nSPS) is 10.2. The lowest BCUT2D eigenvalue weighted by molar-refractivity contribution is -0.127. The van der Waals surface area contributed by atoms with Gasteiger partial charge < -0.3 is 9.80 Å². The summed E-state index contributed by atoms with van der Waals surface area (Å²) in [5.74, 6) is 6.44. The van der Waals surface area contributed by atoms with Crippen LogP contribution in [0.25, 0.3) is 0 Å². The van der Waals surface area contributed by atoms with Crippen molar-refractivity contribution in [2.24, 2.45) is 5.84 Å². The molecule has 1 aromatic rings. The number of nitrogen functional groups attached to an aromatic ring is 1. The van der Waals surface area contributed by atoms with Crippen LogP contribution in [0.15, 0.2) is 6.07 Å². The molecule has 1 rings (SSSR count). The average molecular weight is 266 g/mol. The predicted octanol–water partition coefficient (Wildman–Crippen LogP) is 0.375. The van der Waals surface area contributed by atoms with Crippen LogP contribution in [-0.2, 0) is 4.79 Å². The topological polar surface area (TPSA) is 87.4 Å². The van der Waals surface area contributed by atoms with Crippen LogP contribution >= 0.6 is 0 Å². The quantitative estimate of drug-likeness (QED) is 0.571. The molecular formula is C12H22N6O. The number of carbonyl (C=O) groups excluding carboxylic acids is 1. The van der Waals surface area contributed by atoms with Crippen LogP contribution in [0.2, 0.25) is 0 Å². The van der Waals surface area contributed by atoms with Crippen LogP contribution in [-0.4, -0.2) is 48.0 Å². The van der Waals surface area contributed by atoms with Crippen LogP contribution in [0.1, 0.15) is 19.0 Å². The first kappa shape index (κ1) is 15.2. The van der Waals surface area contributed by atoms with Gasteiger partial charge in [-0.25, -0.2) is 10.8 Å². The van der Waals surface area contributed by atoms with E-state index in [-0.39, 0.29) is 5.91 Å². The molecule has 0 saturated heterocycles. The van der Waals surface area contributed by atoms with E-state index >= 15 is 0 Å². The van der Waals surface area contributed by atoms with E-state index in [1.807, 2.05) is 17.9 Å². The van der Waals surface area contributed by atoms with Crippen molar-refractivity contribution in [2.75, 3.05) is 37.5 Å². The van der Waals surface area contributed by atoms with Gasteiger partial charge in [0.25, 0.3) is 0 Å². The Bertz CT molecular complexity index is 434. The highest BCUT2D eigenvalue weighted by Gasteiger charge is 2.14. The third-order valence-corrected chi connectivity index (χ3v) is 2.61. The van der Waals surface area contributed by atoms with E-state index in [2.05, 4.69) is 22.3 Å². The van der Waals surface area contributed by atoms with E-state index in [1.54, 1.807) is 19.0 Å². The number of rotatable bonds is 6. The number of hydrazine groups is 1. The van der Waals surface area contributed by atoms with Gasteiger partial charge >= 0.3 is 0 Å². The Labute approximate surface area is 113 Å². The van der Waals surface area contributed by atoms with Crippen LogP contribution < -0.4 is 16.2 Å². The molecule has 0 radical (unpaired) electrons. The summed E-state index contributed by atoms with van der Waals surface area (Å²) >= 11 is 0. The Balaban J connectivity index is 2.97. The van der Waals surface area contributed by atoms with Crippen LogP contribution in [0.5, 0.6) is 0 Å². The first-order chi connectivity index (χ1) is 8.97. The van der Waals surface area contributed by atoms with Gasteiger partial charge in [0.2, 0.25) is 11.9 Å². The number of nitrogens with two attached hydrogens (primary N) is 1. The first-order valence-electron chi connectivity index (χ1n) is 6.25. The van der Waals surface area contributed by atoms with Gasteiger partial charge in [-0.1, -0.05) is 6.92 Å². The van der Waals surface area contributed by atoms with E-state index in [0.717, 1.165) is 18.7 Å². The molecule has 0 saturated carbocycles. The van der Waals surface area contributed by atoms with Gasteiger partial charge in [-0.3, -0.25) is 10.2 Å². The number of carbonyl (C=O) groups is 1. The minimum atomic E-state index is 0.0342. The fraction of sp³-hybridized carbons (Fsp3) is 0.583. The Kier molecular flexibility index (Phi) is 5.50. The number of aryl methyl sites for hydroxylation is 1. The summed E-state index contributed by atoms with van der Waals surface area (Å²) in [7, 11) is 3.48. The van der Waals surface area contributed by atoms with Crippen molar-refractivity contribution < 1.29 is 4.79 Å². The molecule has 0 fully saturated rings. The minimum Gasteiger partial charge on any atom is -0.347 e. The summed E-state index contributed by atoms with van der Waals surface area (Å²) in [6, 6.07) is 1.85. The molecule has 7 heteroatoms. The Morgan fingerprint density at radius 3 is 2.63 bits per heavy atom. The fourth-order valence-electron chi connectivity index (χ4n) is 1.63. The molecule has 19 heavy (non-hydrogen) atoms. The monoisotopic (exact) mass is 266 g/mol. The molecular weight excluding hydrogens is 244 g/mol. The molecule has 0 spiro atoms. The van der Waals surface area contributed by atoms with Crippen molar-refractivity contribution in [3.05, 3.63) is 11.8 Å². The Hall–Kier alpha value is -1.89. The summed E-state index contributed by atoms with van der Waals surface area (Å²) in [5, 5.41) is 0. The van der Waals surface area contributed by atoms with Gasteiger partial charge in [0.15, 0.2) is 0 Å². The zero-order chi connectivity index (χ0) is 14.4. The van der Waals surface area contributed by atoms with E-state index in [1.165, 1.54) is 0 Å². The summed E-state index contributed by atoms with van der Waals surface area (Å²) < 4.78 is 0. The highest BCUT2D eigenvalue weighted by molar-refractivity contribution is 5.80. The summed E-state index contributed by atoms with van der Waals surface area (Å²) in [6.07, 6.45) is 0.926. The molecule has 1 aromatic heterocycles. The van der Waals surface area contributed by atoms with E-state index in [4.69, 9.17) is 5.84 Å². The number of anilines is 2.